The monoisotopic (exact) mass is 272 g/mol. The van der Waals surface area contributed by atoms with Gasteiger partial charge in [0.2, 0.25) is 0 Å². The number of rotatable bonds is 5. The van der Waals surface area contributed by atoms with Gasteiger partial charge in [0.1, 0.15) is 0 Å². The van der Waals surface area contributed by atoms with E-state index in [1.807, 2.05) is 11.3 Å². The van der Waals surface area contributed by atoms with Gasteiger partial charge in [0.15, 0.2) is 0 Å². The number of para-hydroxylation sites is 1. The lowest BCUT2D eigenvalue weighted by atomic mass is 10.1. The highest BCUT2D eigenvalue weighted by atomic mass is 32.1. The van der Waals surface area contributed by atoms with Crippen molar-refractivity contribution in [3.63, 3.8) is 0 Å². The van der Waals surface area contributed by atoms with Crippen LogP contribution in [0.3, 0.4) is 0 Å². The Hall–Kier alpha value is -1.32. The highest BCUT2D eigenvalue weighted by Gasteiger charge is 2.15. The Labute approximate surface area is 118 Å². The summed E-state index contributed by atoms with van der Waals surface area (Å²) in [6.45, 7) is 4.26. The molecule has 1 aliphatic heterocycles. The van der Waals surface area contributed by atoms with E-state index in [1.165, 1.54) is 21.7 Å². The van der Waals surface area contributed by atoms with E-state index in [2.05, 4.69) is 53.3 Å². The lowest BCUT2D eigenvalue weighted by Gasteiger charge is -2.17. The molecule has 1 aliphatic rings. The Bertz CT molecular complexity index is 534. The van der Waals surface area contributed by atoms with Crippen molar-refractivity contribution in [2.75, 3.05) is 11.9 Å². The van der Waals surface area contributed by atoms with Gasteiger partial charge in [0.25, 0.3) is 0 Å². The highest BCUT2D eigenvalue weighted by Crippen LogP contribution is 2.28. The van der Waals surface area contributed by atoms with Crippen LogP contribution in [0.2, 0.25) is 0 Å². The van der Waals surface area contributed by atoms with Gasteiger partial charge in [-0.15, -0.1) is 11.3 Å². The third-order valence-electron chi connectivity index (χ3n) is 3.77. The molecule has 1 aromatic carbocycles. The van der Waals surface area contributed by atoms with Crippen molar-refractivity contribution >= 4 is 17.0 Å². The molecule has 2 nitrogen and oxygen atoms in total. The number of thiophene rings is 1. The maximum Gasteiger partial charge on any atom is 0.0419 e. The van der Waals surface area contributed by atoms with E-state index < -0.39 is 0 Å². The van der Waals surface area contributed by atoms with E-state index in [-0.39, 0.29) is 0 Å². The van der Waals surface area contributed by atoms with Crippen LogP contribution in [0.1, 0.15) is 35.4 Å². The molecule has 19 heavy (non-hydrogen) atoms. The van der Waals surface area contributed by atoms with Gasteiger partial charge in [-0.05, 0) is 35.4 Å². The molecule has 0 bridgehead atoms. The maximum atomic E-state index is 3.69. The first kappa shape index (κ1) is 12.7. The molecule has 1 atom stereocenters. The van der Waals surface area contributed by atoms with Gasteiger partial charge in [0, 0.05) is 29.7 Å². The fourth-order valence-electron chi connectivity index (χ4n) is 2.73. The Morgan fingerprint density at radius 1 is 1.32 bits per heavy atom. The first-order valence-corrected chi connectivity index (χ1v) is 7.88. The Morgan fingerprint density at radius 3 is 3.05 bits per heavy atom. The molecule has 3 heteroatoms. The first-order chi connectivity index (χ1) is 9.38. The predicted octanol–water partition coefficient (Wildman–Crippen LogP) is 3.96. The van der Waals surface area contributed by atoms with Crippen molar-refractivity contribution in [3.05, 3.63) is 51.7 Å². The zero-order chi connectivity index (χ0) is 13.1. The molecule has 100 valence electrons. The van der Waals surface area contributed by atoms with Crippen LogP contribution < -0.4 is 10.6 Å². The first-order valence-electron chi connectivity index (χ1n) is 7.00. The van der Waals surface area contributed by atoms with Crippen LogP contribution in [0.4, 0.5) is 5.69 Å². The van der Waals surface area contributed by atoms with Crippen LogP contribution >= 0.6 is 11.3 Å². The van der Waals surface area contributed by atoms with Gasteiger partial charge < -0.3 is 10.6 Å². The summed E-state index contributed by atoms with van der Waals surface area (Å²) in [6.07, 6.45) is 2.29. The zero-order valence-electron chi connectivity index (χ0n) is 11.3. The van der Waals surface area contributed by atoms with Crippen LogP contribution in [0.25, 0.3) is 0 Å². The van der Waals surface area contributed by atoms with E-state index in [0.717, 1.165) is 25.9 Å². The second-order valence-electron chi connectivity index (χ2n) is 4.99. The van der Waals surface area contributed by atoms with Crippen LogP contribution in [0.5, 0.6) is 0 Å². The maximum absolute atomic E-state index is 3.69. The average molecular weight is 272 g/mol. The molecule has 0 amide bonds. The van der Waals surface area contributed by atoms with Gasteiger partial charge >= 0.3 is 0 Å². The van der Waals surface area contributed by atoms with Crippen LogP contribution in [0.15, 0.2) is 35.7 Å². The van der Waals surface area contributed by atoms with Crippen molar-refractivity contribution in [1.29, 1.82) is 0 Å². The predicted molar refractivity (Wildman–Crippen MR) is 82.8 cm³/mol. The smallest absolute Gasteiger partial charge is 0.0419 e. The second-order valence-corrected chi connectivity index (χ2v) is 5.96. The molecule has 1 aromatic heterocycles. The van der Waals surface area contributed by atoms with E-state index in [4.69, 9.17) is 0 Å². The second kappa shape index (κ2) is 5.76. The van der Waals surface area contributed by atoms with E-state index in [0.29, 0.717) is 6.04 Å². The largest absolute Gasteiger partial charge is 0.384 e. The number of fused-ring (bicyclic) bond motifs is 1. The van der Waals surface area contributed by atoms with Crippen LogP contribution in [0, 0.1) is 0 Å². The third-order valence-corrected chi connectivity index (χ3v) is 4.75. The standard InChI is InChI=1S/C16H20N2S/c1-2-14(15-7-4-10-19-15)18-11-13-6-3-5-12-8-9-17-16(12)13/h3-7,10,14,17-18H,2,8-9,11H2,1H3. The normalized spacial score (nSPS) is 15.0. The summed E-state index contributed by atoms with van der Waals surface area (Å²) in [6, 6.07) is 11.5. The minimum absolute atomic E-state index is 0.470. The van der Waals surface area contributed by atoms with E-state index >= 15 is 0 Å². The topological polar surface area (TPSA) is 24.1 Å². The van der Waals surface area contributed by atoms with Gasteiger partial charge in [0.05, 0.1) is 0 Å². The molecule has 3 rings (SSSR count). The summed E-state index contributed by atoms with van der Waals surface area (Å²) in [4.78, 5) is 1.43. The number of benzene rings is 1. The molecule has 0 saturated heterocycles. The van der Waals surface area contributed by atoms with Crippen LogP contribution in [-0.4, -0.2) is 6.54 Å². The minimum Gasteiger partial charge on any atom is -0.384 e. The molecule has 1 unspecified atom stereocenters. The van der Waals surface area contributed by atoms with Crippen molar-refractivity contribution in [1.82, 2.24) is 5.32 Å². The molecule has 0 radical (unpaired) electrons. The van der Waals surface area contributed by atoms with Gasteiger partial charge in [-0.25, -0.2) is 0 Å². The lowest BCUT2D eigenvalue weighted by molar-refractivity contribution is 0.527. The van der Waals surface area contributed by atoms with Gasteiger partial charge in [-0.2, -0.15) is 0 Å². The summed E-state index contributed by atoms with van der Waals surface area (Å²) in [5.74, 6) is 0. The number of anilines is 1. The summed E-state index contributed by atoms with van der Waals surface area (Å²) in [7, 11) is 0. The lowest BCUT2D eigenvalue weighted by Crippen LogP contribution is -2.19. The van der Waals surface area contributed by atoms with Crippen molar-refractivity contribution in [2.45, 2.75) is 32.4 Å². The summed E-state index contributed by atoms with van der Waals surface area (Å²) in [5.41, 5.74) is 4.21. The number of hydrogen-bond acceptors (Lipinski definition) is 3. The molecule has 2 aromatic rings. The van der Waals surface area contributed by atoms with Gasteiger partial charge in [-0.3, -0.25) is 0 Å². The summed E-state index contributed by atoms with van der Waals surface area (Å²) < 4.78 is 0. The SMILES string of the molecule is CCC(NCc1cccc2c1NCC2)c1cccs1. The van der Waals surface area contributed by atoms with E-state index in [9.17, 15) is 0 Å². The van der Waals surface area contributed by atoms with Crippen LogP contribution in [-0.2, 0) is 13.0 Å². The van der Waals surface area contributed by atoms with Crippen molar-refractivity contribution < 1.29 is 0 Å². The van der Waals surface area contributed by atoms with E-state index in [1.54, 1.807) is 0 Å². The fraction of sp³-hybridized carbons (Fsp3) is 0.375. The summed E-state index contributed by atoms with van der Waals surface area (Å²) >= 11 is 1.84. The average Bonchev–Trinajstić information content (AvgIpc) is 3.10. The van der Waals surface area contributed by atoms with Gasteiger partial charge in [-0.1, -0.05) is 31.2 Å². The molecule has 0 saturated carbocycles. The quantitative estimate of drug-likeness (QED) is 0.861. The minimum atomic E-state index is 0.470. The third kappa shape index (κ3) is 2.67. The molecule has 2 heterocycles. The Morgan fingerprint density at radius 2 is 2.26 bits per heavy atom. The van der Waals surface area contributed by atoms with Crippen molar-refractivity contribution in [3.8, 4) is 0 Å². The molecule has 0 fully saturated rings. The molecule has 0 spiro atoms. The van der Waals surface area contributed by atoms with Crippen molar-refractivity contribution in [2.24, 2.45) is 0 Å². The fourth-order valence-corrected chi connectivity index (χ4v) is 3.61. The zero-order valence-corrected chi connectivity index (χ0v) is 12.1. The molecule has 0 aliphatic carbocycles. The number of hydrogen-bond donors (Lipinski definition) is 2. The Kier molecular flexibility index (Phi) is 3.85. The molecular formula is C16H20N2S. The summed E-state index contributed by atoms with van der Waals surface area (Å²) in [5, 5.41) is 9.35. The molecular weight excluding hydrogens is 252 g/mol. The Balaban J connectivity index is 1.71. The number of nitrogens with one attached hydrogen (secondary N) is 2. The highest BCUT2D eigenvalue weighted by molar-refractivity contribution is 7.10. The molecule has 2 N–H and O–H groups in total.